The zero-order valence-corrected chi connectivity index (χ0v) is 8.91. The lowest BCUT2D eigenvalue weighted by Crippen LogP contribution is -1.77. The molecule has 0 N–H and O–H groups in total. The van der Waals surface area contributed by atoms with E-state index in [2.05, 4.69) is 10.1 Å². The van der Waals surface area contributed by atoms with Gasteiger partial charge in [-0.1, -0.05) is 11.2 Å². The molecule has 4 heteroatoms. The lowest BCUT2D eigenvalue weighted by molar-refractivity contribution is 0.422. The van der Waals surface area contributed by atoms with Gasteiger partial charge in [0.15, 0.2) is 5.76 Å². The molecule has 2 aromatic rings. The van der Waals surface area contributed by atoms with Gasteiger partial charge in [-0.3, -0.25) is 4.98 Å². The van der Waals surface area contributed by atoms with E-state index < -0.39 is 0 Å². The van der Waals surface area contributed by atoms with Gasteiger partial charge < -0.3 is 4.52 Å². The Morgan fingerprint density at radius 2 is 2.13 bits per heavy atom. The van der Waals surface area contributed by atoms with Gasteiger partial charge in [0.2, 0.25) is 0 Å². The Morgan fingerprint density at radius 3 is 2.80 bits per heavy atom. The molecule has 78 valence electrons. The van der Waals surface area contributed by atoms with E-state index in [1.54, 1.807) is 6.20 Å². The van der Waals surface area contributed by atoms with Crippen molar-refractivity contribution in [2.45, 2.75) is 18.8 Å². The van der Waals surface area contributed by atoms with Crippen LogP contribution in [-0.2, 0) is 0 Å². The van der Waals surface area contributed by atoms with E-state index in [1.165, 1.54) is 12.8 Å². The fourth-order valence-corrected chi connectivity index (χ4v) is 1.49. The molecule has 0 radical (unpaired) electrons. The van der Waals surface area contributed by atoms with Gasteiger partial charge in [0.05, 0.1) is 5.69 Å². The van der Waals surface area contributed by atoms with Crippen LogP contribution in [0, 0.1) is 0 Å². The van der Waals surface area contributed by atoms with Crippen LogP contribution in [0.5, 0.6) is 0 Å². The van der Waals surface area contributed by atoms with Crippen molar-refractivity contribution in [3.05, 3.63) is 36.2 Å². The number of aromatic nitrogens is 2. The molecule has 0 aromatic carbocycles. The van der Waals surface area contributed by atoms with E-state index in [0.717, 1.165) is 17.1 Å². The maximum Gasteiger partial charge on any atom is 0.185 e. The molecule has 15 heavy (non-hydrogen) atoms. The molecule has 0 unspecified atom stereocenters. The van der Waals surface area contributed by atoms with Crippen LogP contribution in [0.2, 0.25) is 0 Å². The highest BCUT2D eigenvalue weighted by atomic mass is 35.5. The Morgan fingerprint density at radius 1 is 1.27 bits per heavy atom. The summed E-state index contributed by atoms with van der Waals surface area (Å²) < 4.78 is 5.24. The summed E-state index contributed by atoms with van der Waals surface area (Å²) in [5.41, 5.74) is 1.93. The van der Waals surface area contributed by atoms with E-state index in [4.69, 9.17) is 4.52 Å². The summed E-state index contributed by atoms with van der Waals surface area (Å²) in [6.07, 6.45) is 4.25. The molecule has 0 spiro atoms. The molecule has 1 saturated carbocycles. The van der Waals surface area contributed by atoms with Crippen LogP contribution in [-0.4, -0.2) is 10.1 Å². The molecule has 1 fully saturated rings. The summed E-state index contributed by atoms with van der Waals surface area (Å²) in [5.74, 6) is 1.41. The molecule has 0 saturated heterocycles. The summed E-state index contributed by atoms with van der Waals surface area (Å²) in [7, 11) is 0. The van der Waals surface area contributed by atoms with Crippen LogP contribution >= 0.6 is 12.4 Å². The van der Waals surface area contributed by atoms with Crippen molar-refractivity contribution < 1.29 is 4.52 Å². The predicted molar refractivity (Wildman–Crippen MR) is 59.0 cm³/mol. The van der Waals surface area contributed by atoms with Crippen molar-refractivity contribution in [3.63, 3.8) is 0 Å². The summed E-state index contributed by atoms with van der Waals surface area (Å²) >= 11 is 0. The number of nitrogens with zero attached hydrogens (tertiary/aromatic N) is 2. The second kappa shape index (κ2) is 4.03. The summed E-state index contributed by atoms with van der Waals surface area (Å²) in [6, 6.07) is 7.76. The van der Waals surface area contributed by atoms with Gasteiger partial charge in [0, 0.05) is 18.2 Å². The molecule has 1 aliphatic carbocycles. The molecule has 0 amide bonds. The first-order valence-electron chi connectivity index (χ1n) is 4.81. The Hall–Kier alpha value is -1.35. The molecule has 0 atom stereocenters. The van der Waals surface area contributed by atoms with Crippen LogP contribution in [0.4, 0.5) is 0 Å². The van der Waals surface area contributed by atoms with Gasteiger partial charge in [-0.25, -0.2) is 0 Å². The van der Waals surface area contributed by atoms with Crippen LogP contribution < -0.4 is 0 Å². The predicted octanol–water partition coefficient (Wildman–Crippen LogP) is 3.04. The fourth-order valence-electron chi connectivity index (χ4n) is 1.49. The second-order valence-corrected chi connectivity index (χ2v) is 3.61. The quantitative estimate of drug-likeness (QED) is 0.784. The number of halogens is 1. The monoisotopic (exact) mass is 222 g/mol. The van der Waals surface area contributed by atoms with Crippen LogP contribution in [0.3, 0.4) is 0 Å². The largest absolute Gasteiger partial charge is 0.354 e. The first kappa shape index (κ1) is 10.2. The molecule has 0 bridgehead atoms. The normalized spacial score (nSPS) is 14.7. The Labute approximate surface area is 93.9 Å². The van der Waals surface area contributed by atoms with Crippen LogP contribution in [0.15, 0.2) is 35.0 Å². The number of hydrogen-bond acceptors (Lipinski definition) is 3. The maximum absolute atomic E-state index is 5.24. The second-order valence-electron chi connectivity index (χ2n) is 3.61. The first-order valence-corrected chi connectivity index (χ1v) is 4.81. The van der Waals surface area contributed by atoms with Gasteiger partial charge in [0.25, 0.3) is 0 Å². The standard InChI is InChI=1S/C11H10N2O.ClH/c1-2-6-12-9(3-1)11-7-10(13-14-11)8-4-5-8;/h1-3,6-8H,4-5H2;1H. The topological polar surface area (TPSA) is 38.9 Å². The van der Waals surface area contributed by atoms with Crippen molar-refractivity contribution in [2.75, 3.05) is 0 Å². The third kappa shape index (κ3) is 2.02. The molecule has 3 rings (SSSR count). The molecular formula is C11H11ClN2O. The van der Waals surface area contributed by atoms with E-state index in [-0.39, 0.29) is 12.4 Å². The minimum atomic E-state index is 0. The van der Waals surface area contributed by atoms with Gasteiger partial charge in [-0.15, -0.1) is 12.4 Å². The number of hydrogen-bond donors (Lipinski definition) is 0. The number of rotatable bonds is 2. The maximum atomic E-state index is 5.24. The molecule has 3 nitrogen and oxygen atoms in total. The molecule has 0 aliphatic heterocycles. The Bertz CT molecular complexity index is 437. The highest BCUT2D eigenvalue weighted by Crippen LogP contribution is 2.40. The first-order chi connectivity index (χ1) is 6.93. The van der Waals surface area contributed by atoms with Gasteiger partial charge in [-0.2, -0.15) is 0 Å². The van der Waals surface area contributed by atoms with E-state index >= 15 is 0 Å². The highest BCUT2D eigenvalue weighted by Gasteiger charge is 2.27. The Kier molecular flexibility index (Phi) is 2.73. The van der Waals surface area contributed by atoms with Crippen LogP contribution in [0.1, 0.15) is 24.5 Å². The van der Waals surface area contributed by atoms with Gasteiger partial charge >= 0.3 is 0 Å². The zero-order valence-electron chi connectivity index (χ0n) is 8.09. The van der Waals surface area contributed by atoms with Crippen molar-refractivity contribution in [3.8, 4) is 11.5 Å². The van der Waals surface area contributed by atoms with E-state index in [0.29, 0.717) is 5.92 Å². The Balaban J connectivity index is 0.000000853. The third-order valence-corrected chi connectivity index (χ3v) is 2.44. The molecule has 1 aliphatic rings. The van der Waals surface area contributed by atoms with E-state index in [9.17, 15) is 0 Å². The lowest BCUT2D eigenvalue weighted by atomic mass is 10.2. The van der Waals surface area contributed by atoms with E-state index in [1.807, 2.05) is 24.3 Å². The average molecular weight is 223 g/mol. The SMILES string of the molecule is Cl.c1ccc(-c2cc(C3CC3)no2)nc1. The smallest absolute Gasteiger partial charge is 0.185 e. The molecule has 2 heterocycles. The minimum Gasteiger partial charge on any atom is -0.354 e. The van der Waals surface area contributed by atoms with Gasteiger partial charge in [-0.05, 0) is 25.0 Å². The summed E-state index contributed by atoms with van der Waals surface area (Å²) in [6.45, 7) is 0. The zero-order chi connectivity index (χ0) is 9.38. The molecule has 2 aromatic heterocycles. The third-order valence-electron chi connectivity index (χ3n) is 2.44. The van der Waals surface area contributed by atoms with Gasteiger partial charge in [0.1, 0.15) is 5.69 Å². The average Bonchev–Trinajstić information content (AvgIpc) is 2.98. The summed E-state index contributed by atoms with van der Waals surface area (Å²) in [4.78, 5) is 4.21. The minimum absolute atomic E-state index is 0. The van der Waals surface area contributed by atoms with Crippen molar-refractivity contribution in [1.29, 1.82) is 0 Å². The fraction of sp³-hybridized carbons (Fsp3) is 0.273. The lowest BCUT2D eigenvalue weighted by Gasteiger charge is -1.90. The van der Waals surface area contributed by atoms with Crippen molar-refractivity contribution in [2.24, 2.45) is 0 Å². The summed E-state index contributed by atoms with van der Waals surface area (Å²) in [5, 5.41) is 4.04. The van der Waals surface area contributed by atoms with Crippen LogP contribution in [0.25, 0.3) is 11.5 Å². The van der Waals surface area contributed by atoms with Crippen molar-refractivity contribution in [1.82, 2.24) is 10.1 Å². The number of pyridine rings is 1. The highest BCUT2D eigenvalue weighted by molar-refractivity contribution is 5.85. The van der Waals surface area contributed by atoms with Crippen molar-refractivity contribution >= 4 is 12.4 Å². The molecular weight excluding hydrogens is 212 g/mol.